The third-order valence-corrected chi connectivity index (χ3v) is 9.13. The van der Waals surface area contributed by atoms with Gasteiger partial charge in [-0.05, 0) is 77.9 Å². The van der Waals surface area contributed by atoms with Crippen molar-refractivity contribution >= 4 is 16.9 Å². The lowest BCUT2D eigenvalue weighted by molar-refractivity contribution is 0.631. The Morgan fingerprint density at radius 2 is 1.49 bits per heavy atom. The largest absolute Gasteiger partial charge is 0.303 e. The molecule has 0 atom stereocenters. The molecule has 0 N–H and O–H groups in total. The van der Waals surface area contributed by atoms with Crippen molar-refractivity contribution in [2.45, 2.75) is 39.0 Å². The summed E-state index contributed by atoms with van der Waals surface area (Å²) in [5, 5.41) is 0. The Balaban J connectivity index is 1.41. The van der Waals surface area contributed by atoms with Gasteiger partial charge < -0.3 is 4.90 Å². The molecule has 1 aromatic heterocycles. The molecule has 2 aliphatic rings. The molecule has 3 nitrogen and oxygen atoms in total. The lowest BCUT2D eigenvalue weighted by Crippen LogP contribution is -2.32. The number of allylic oxidation sites excluding steroid dienone is 8. The van der Waals surface area contributed by atoms with E-state index in [9.17, 15) is 0 Å². The van der Waals surface area contributed by atoms with Crippen LogP contribution in [0, 0.1) is 12.3 Å². The first-order valence-electron chi connectivity index (χ1n) is 16.2. The molecular formula is C44H37N3. The van der Waals surface area contributed by atoms with Crippen LogP contribution in [0.1, 0.15) is 50.4 Å². The maximum atomic E-state index is 6.14. The molecule has 0 radical (unpaired) electrons. The molecule has 228 valence electrons. The monoisotopic (exact) mass is 607 g/mol. The van der Waals surface area contributed by atoms with E-state index < -0.39 is 0 Å². The molecule has 3 heteroatoms. The van der Waals surface area contributed by atoms with E-state index in [0.29, 0.717) is 0 Å². The summed E-state index contributed by atoms with van der Waals surface area (Å²) in [5.74, 6) is 3.68. The van der Waals surface area contributed by atoms with Gasteiger partial charge in [-0.15, -0.1) is 6.42 Å². The summed E-state index contributed by atoms with van der Waals surface area (Å²) in [7, 11) is 0. The Labute approximate surface area is 278 Å². The SMILES string of the molecule is C#C/C(=C\C=C/C)N1c2ccccc2C(C)(C)c2cc(-c3ccccc3-c3cc(C4=CCCC=C4)nc(-c4ccccc4)n3)ccc21. The van der Waals surface area contributed by atoms with Crippen LogP contribution in [0.5, 0.6) is 0 Å². The van der Waals surface area contributed by atoms with Crippen molar-refractivity contribution in [3.05, 3.63) is 162 Å². The van der Waals surface area contributed by atoms with Crippen molar-refractivity contribution < 1.29 is 0 Å². The molecule has 7 rings (SSSR count). The number of aromatic nitrogens is 2. The molecule has 0 spiro atoms. The number of hydrogen-bond acceptors (Lipinski definition) is 3. The Kier molecular flexibility index (Phi) is 8.02. The predicted molar refractivity (Wildman–Crippen MR) is 197 cm³/mol. The Morgan fingerprint density at radius 3 is 2.26 bits per heavy atom. The molecule has 0 bridgehead atoms. The maximum Gasteiger partial charge on any atom is 0.160 e. The van der Waals surface area contributed by atoms with Crippen molar-refractivity contribution in [3.63, 3.8) is 0 Å². The molecule has 47 heavy (non-hydrogen) atoms. The second kappa shape index (κ2) is 12.6. The van der Waals surface area contributed by atoms with Crippen molar-refractivity contribution in [1.82, 2.24) is 9.97 Å². The van der Waals surface area contributed by atoms with Gasteiger partial charge in [0.15, 0.2) is 5.82 Å². The van der Waals surface area contributed by atoms with Crippen LogP contribution in [-0.2, 0) is 5.41 Å². The van der Waals surface area contributed by atoms with Crippen molar-refractivity contribution in [2.75, 3.05) is 4.90 Å². The van der Waals surface area contributed by atoms with Gasteiger partial charge in [-0.25, -0.2) is 9.97 Å². The van der Waals surface area contributed by atoms with Gasteiger partial charge in [-0.3, -0.25) is 0 Å². The first kappa shape index (κ1) is 30.0. The van der Waals surface area contributed by atoms with E-state index in [1.807, 2.05) is 43.4 Å². The van der Waals surface area contributed by atoms with E-state index in [1.165, 1.54) is 11.1 Å². The molecule has 0 amide bonds. The topological polar surface area (TPSA) is 29.0 Å². The van der Waals surface area contributed by atoms with Gasteiger partial charge in [0.1, 0.15) is 0 Å². The van der Waals surface area contributed by atoms with Crippen LogP contribution in [0.3, 0.4) is 0 Å². The highest BCUT2D eigenvalue weighted by Crippen LogP contribution is 2.51. The van der Waals surface area contributed by atoms with Crippen molar-refractivity contribution in [2.24, 2.45) is 0 Å². The minimum Gasteiger partial charge on any atom is -0.303 e. The molecule has 1 aliphatic heterocycles. The summed E-state index contributed by atoms with van der Waals surface area (Å²) in [6.07, 6.45) is 20.9. The van der Waals surface area contributed by atoms with Gasteiger partial charge in [-0.1, -0.05) is 129 Å². The molecular weight excluding hydrogens is 571 g/mol. The highest BCUT2D eigenvalue weighted by Gasteiger charge is 2.37. The van der Waals surface area contributed by atoms with Crippen LogP contribution >= 0.6 is 0 Å². The van der Waals surface area contributed by atoms with Crippen LogP contribution in [0.15, 0.2) is 145 Å². The van der Waals surface area contributed by atoms with Gasteiger partial charge in [0.05, 0.1) is 28.5 Å². The zero-order valence-corrected chi connectivity index (χ0v) is 27.1. The molecule has 2 heterocycles. The summed E-state index contributed by atoms with van der Waals surface area (Å²) >= 11 is 0. The van der Waals surface area contributed by atoms with Crippen LogP contribution in [0.25, 0.3) is 39.3 Å². The van der Waals surface area contributed by atoms with Gasteiger partial charge >= 0.3 is 0 Å². The fourth-order valence-electron chi connectivity index (χ4n) is 6.72. The lowest BCUT2D eigenvalue weighted by atomic mass is 9.72. The smallest absolute Gasteiger partial charge is 0.160 e. The Bertz CT molecular complexity index is 2140. The summed E-state index contributed by atoms with van der Waals surface area (Å²) < 4.78 is 0. The van der Waals surface area contributed by atoms with Crippen LogP contribution in [0.2, 0.25) is 0 Å². The normalized spacial score (nSPS) is 15.1. The number of terminal acetylenes is 1. The average Bonchev–Trinajstić information content (AvgIpc) is 3.13. The second-order valence-electron chi connectivity index (χ2n) is 12.4. The summed E-state index contributed by atoms with van der Waals surface area (Å²) in [5.41, 5.74) is 12.5. The number of nitrogens with zero attached hydrogens (tertiary/aromatic N) is 3. The highest BCUT2D eigenvalue weighted by molar-refractivity contribution is 5.89. The standard InChI is InChI=1S/C44H37N3/c1-5-7-22-34(6-2)47-41-26-17-16-25-37(41)44(3,4)38-29-33(27-28-42(38)47)35-23-14-15-24-36(35)40-30-39(31-18-10-8-11-19-31)45-43(46-40)32-20-12-9-13-21-32/h2,5,7,9-10,12-30H,8,11H2,1,3-4H3/b7-5-,34-22+. The quantitative estimate of drug-likeness (QED) is 0.142. The van der Waals surface area contributed by atoms with Crippen LogP contribution in [-0.4, -0.2) is 9.97 Å². The second-order valence-corrected chi connectivity index (χ2v) is 12.4. The van der Waals surface area contributed by atoms with Gasteiger partial charge in [-0.2, -0.15) is 0 Å². The van der Waals surface area contributed by atoms with E-state index in [0.717, 1.165) is 75.0 Å². The van der Waals surface area contributed by atoms with E-state index >= 15 is 0 Å². The number of hydrogen-bond donors (Lipinski definition) is 0. The van der Waals surface area contributed by atoms with E-state index in [-0.39, 0.29) is 5.41 Å². The molecule has 5 aromatic rings. The molecule has 1 aliphatic carbocycles. The van der Waals surface area contributed by atoms with Gasteiger partial charge in [0.2, 0.25) is 0 Å². The molecule has 0 saturated heterocycles. The van der Waals surface area contributed by atoms with Gasteiger partial charge in [0.25, 0.3) is 0 Å². The van der Waals surface area contributed by atoms with Crippen LogP contribution < -0.4 is 4.90 Å². The molecule has 0 unspecified atom stereocenters. The average molecular weight is 608 g/mol. The van der Waals surface area contributed by atoms with E-state index in [4.69, 9.17) is 16.4 Å². The third-order valence-electron chi connectivity index (χ3n) is 9.13. The molecule has 0 fully saturated rings. The number of fused-ring (bicyclic) bond motifs is 2. The predicted octanol–water partition coefficient (Wildman–Crippen LogP) is 11.1. The number of rotatable bonds is 6. The zero-order chi connectivity index (χ0) is 32.4. The molecule has 4 aromatic carbocycles. The third kappa shape index (κ3) is 5.53. The van der Waals surface area contributed by atoms with E-state index in [2.05, 4.69) is 128 Å². The fraction of sp³-hybridized carbons (Fsp3) is 0.136. The summed E-state index contributed by atoms with van der Waals surface area (Å²) in [6, 6.07) is 36.3. The summed E-state index contributed by atoms with van der Waals surface area (Å²) in [4.78, 5) is 12.4. The zero-order valence-electron chi connectivity index (χ0n) is 27.1. The Hall–Kier alpha value is -5.72. The maximum absolute atomic E-state index is 6.14. The molecule has 0 saturated carbocycles. The van der Waals surface area contributed by atoms with Crippen LogP contribution in [0.4, 0.5) is 11.4 Å². The minimum atomic E-state index is -0.254. The van der Waals surface area contributed by atoms with Gasteiger partial charge in [0, 0.05) is 16.5 Å². The number of benzene rings is 4. The first-order chi connectivity index (χ1) is 23.0. The minimum absolute atomic E-state index is 0.254. The Morgan fingerprint density at radius 1 is 0.766 bits per heavy atom. The fourth-order valence-corrected chi connectivity index (χ4v) is 6.72. The number of para-hydroxylation sites is 1. The van der Waals surface area contributed by atoms with E-state index in [1.54, 1.807) is 0 Å². The summed E-state index contributed by atoms with van der Waals surface area (Å²) in [6.45, 7) is 6.61. The highest BCUT2D eigenvalue weighted by atomic mass is 15.2. The first-order valence-corrected chi connectivity index (χ1v) is 16.2. The van der Waals surface area contributed by atoms with Crippen molar-refractivity contribution in [3.8, 4) is 46.1 Å². The lowest BCUT2D eigenvalue weighted by Gasteiger charge is -2.42. The number of anilines is 2. The van der Waals surface area contributed by atoms with Crippen molar-refractivity contribution in [1.29, 1.82) is 0 Å².